The molecule has 1 amide bonds. The minimum absolute atomic E-state index is 0.0295. The minimum atomic E-state index is -0.576. The average molecular weight is 499 g/mol. The zero-order valence-electron chi connectivity index (χ0n) is 20.9. The molecule has 2 saturated carbocycles. The van der Waals surface area contributed by atoms with Gasteiger partial charge >= 0.3 is 0 Å². The summed E-state index contributed by atoms with van der Waals surface area (Å²) in [5, 5.41) is 21.3. The Morgan fingerprint density at radius 1 is 1.22 bits per heavy atom. The van der Waals surface area contributed by atoms with Gasteiger partial charge < -0.3 is 20.5 Å². The van der Waals surface area contributed by atoms with E-state index in [4.69, 9.17) is 9.72 Å². The van der Waals surface area contributed by atoms with Crippen molar-refractivity contribution in [1.82, 2.24) is 24.9 Å². The van der Waals surface area contributed by atoms with E-state index < -0.39 is 5.60 Å². The van der Waals surface area contributed by atoms with E-state index in [1.165, 1.54) is 0 Å². The van der Waals surface area contributed by atoms with E-state index in [9.17, 15) is 9.90 Å². The van der Waals surface area contributed by atoms with E-state index in [2.05, 4.69) is 20.7 Å². The molecule has 3 N–H and O–H groups in total. The van der Waals surface area contributed by atoms with E-state index in [0.717, 1.165) is 48.2 Å². The molecule has 2 fully saturated rings. The van der Waals surface area contributed by atoms with Crippen LogP contribution in [-0.4, -0.2) is 48.8 Å². The van der Waals surface area contributed by atoms with Crippen LogP contribution in [0.1, 0.15) is 48.5 Å². The highest BCUT2D eigenvalue weighted by atomic mass is 16.5. The van der Waals surface area contributed by atoms with Gasteiger partial charge in [-0.15, -0.1) is 0 Å². The molecule has 0 radical (unpaired) electrons. The fourth-order valence-corrected chi connectivity index (χ4v) is 5.00. The maximum Gasteiger partial charge on any atom is 0.251 e. The number of nitrogens with zero attached hydrogens (tertiary/aromatic N) is 4. The van der Waals surface area contributed by atoms with Crippen molar-refractivity contribution in [1.29, 1.82) is 0 Å². The average Bonchev–Trinajstić information content (AvgIpc) is 3.57. The van der Waals surface area contributed by atoms with E-state index in [-0.39, 0.29) is 5.91 Å². The molecule has 2 aliphatic rings. The van der Waals surface area contributed by atoms with Crippen LogP contribution in [-0.2, 0) is 0 Å². The number of anilines is 1. The van der Waals surface area contributed by atoms with Crippen molar-refractivity contribution < 1.29 is 14.6 Å². The maximum absolute atomic E-state index is 12.6. The summed E-state index contributed by atoms with van der Waals surface area (Å²) in [6.07, 6.45) is 8.74. The van der Waals surface area contributed by atoms with E-state index in [1.807, 2.05) is 50.2 Å². The first-order valence-corrected chi connectivity index (χ1v) is 12.7. The van der Waals surface area contributed by atoms with Crippen molar-refractivity contribution >= 4 is 17.4 Å². The summed E-state index contributed by atoms with van der Waals surface area (Å²) in [6.45, 7) is 4.53. The molecule has 0 spiro atoms. The number of benzene rings is 1. The number of pyridine rings is 1. The van der Waals surface area contributed by atoms with Crippen LogP contribution in [0.3, 0.4) is 0 Å². The number of nitrogens with one attached hydrogen (secondary N) is 2. The molecular formula is C28H30N6O3. The smallest absolute Gasteiger partial charge is 0.251 e. The molecule has 6 rings (SSSR count). The van der Waals surface area contributed by atoms with Crippen LogP contribution >= 0.6 is 0 Å². The van der Waals surface area contributed by atoms with Crippen molar-refractivity contribution in [2.75, 3.05) is 11.9 Å². The molecule has 9 heteroatoms. The number of ether oxygens (including phenoxy) is 1. The first-order chi connectivity index (χ1) is 17.8. The number of aromatic nitrogens is 4. The van der Waals surface area contributed by atoms with E-state index in [0.29, 0.717) is 41.3 Å². The van der Waals surface area contributed by atoms with Gasteiger partial charge in [-0.2, -0.15) is 14.6 Å². The number of amides is 1. The number of hydrogen-bond acceptors (Lipinski definition) is 7. The highest BCUT2D eigenvalue weighted by Crippen LogP contribution is 2.37. The van der Waals surface area contributed by atoms with Crippen LogP contribution in [0.4, 0.5) is 5.82 Å². The van der Waals surface area contributed by atoms with Gasteiger partial charge in [0.15, 0.2) is 5.65 Å². The Kier molecular flexibility index (Phi) is 5.79. The topological polar surface area (TPSA) is 114 Å². The Morgan fingerprint density at radius 3 is 2.76 bits per heavy atom. The molecule has 0 saturated heterocycles. The summed E-state index contributed by atoms with van der Waals surface area (Å²) in [7, 11) is 0. The van der Waals surface area contributed by atoms with Gasteiger partial charge in [-0.05, 0) is 74.8 Å². The largest absolute Gasteiger partial charge is 0.437 e. The number of fused-ring (bicyclic) bond motifs is 1. The third kappa shape index (κ3) is 4.99. The van der Waals surface area contributed by atoms with Gasteiger partial charge in [0.2, 0.25) is 5.88 Å². The van der Waals surface area contributed by atoms with E-state index >= 15 is 0 Å². The Bertz CT molecular complexity index is 1450. The quantitative estimate of drug-likeness (QED) is 0.331. The number of hydrogen-bond donors (Lipinski definition) is 3. The summed E-state index contributed by atoms with van der Waals surface area (Å²) in [5.74, 6) is 2.11. The lowest BCUT2D eigenvalue weighted by Crippen LogP contribution is -2.43. The zero-order valence-corrected chi connectivity index (χ0v) is 20.9. The molecule has 37 heavy (non-hydrogen) atoms. The molecule has 0 atom stereocenters. The number of carbonyl (C=O) groups is 1. The second-order valence-electron chi connectivity index (χ2n) is 10.5. The zero-order chi connectivity index (χ0) is 25.6. The standard InChI is InChI=1S/C28H30N6O3/c1-17-10-19(5-8-22(17)27(35)32-20-6-7-20)23-16-31-34-24(30-14-18-12-28(2,36)13-18)11-25(33-26(23)34)37-21-4-3-9-29-15-21/h3-5,8-11,15-16,18,20,30,36H,6-7,12-14H2,1-2H3,(H,32,35)/t18-,28-. The van der Waals surface area contributed by atoms with Gasteiger partial charge in [0.05, 0.1) is 18.0 Å². The van der Waals surface area contributed by atoms with Gasteiger partial charge in [-0.1, -0.05) is 12.1 Å². The number of aryl methyl sites for hydroxylation is 1. The summed E-state index contributed by atoms with van der Waals surface area (Å²) < 4.78 is 7.81. The summed E-state index contributed by atoms with van der Waals surface area (Å²) in [6, 6.07) is 11.6. The maximum atomic E-state index is 12.6. The van der Waals surface area contributed by atoms with Crippen molar-refractivity contribution in [3.05, 3.63) is 66.1 Å². The highest BCUT2D eigenvalue weighted by Gasteiger charge is 2.38. The molecule has 1 aromatic carbocycles. The molecule has 190 valence electrons. The van der Waals surface area contributed by atoms with E-state index in [1.54, 1.807) is 23.1 Å². The fourth-order valence-electron chi connectivity index (χ4n) is 5.00. The molecule has 2 aliphatic carbocycles. The summed E-state index contributed by atoms with van der Waals surface area (Å²) >= 11 is 0. The van der Waals surface area contributed by atoms with Crippen LogP contribution in [0.5, 0.6) is 11.6 Å². The lowest BCUT2D eigenvalue weighted by Gasteiger charge is -2.41. The van der Waals surface area contributed by atoms with Crippen molar-refractivity contribution in [2.45, 2.75) is 51.2 Å². The first kappa shape index (κ1) is 23.4. The Labute approximate surface area is 214 Å². The Hall–Kier alpha value is -3.98. The molecule has 9 nitrogen and oxygen atoms in total. The van der Waals surface area contributed by atoms with Gasteiger partial charge in [0, 0.05) is 36.0 Å². The van der Waals surface area contributed by atoms with Crippen molar-refractivity contribution in [2.24, 2.45) is 5.92 Å². The predicted octanol–water partition coefficient (Wildman–Crippen LogP) is 4.36. The van der Waals surface area contributed by atoms with Gasteiger partial charge in [-0.25, -0.2) is 0 Å². The molecular weight excluding hydrogens is 468 g/mol. The molecule has 3 aromatic heterocycles. The molecule has 4 aromatic rings. The predicted molar refractivity (Wildman–Crippen MR) is 140 cm³/mol. The SMILES string of the molecule is Cc1cc(-c2cnn3c(NC[C@H]4C[C@](C)(O)C4)cc(Oc4cccnc4)nc23)ccc1C(=O)NC1CC1. The lowest BCUT2D eigenvalue weighted by atomic mass is 9.72. The second kappa shape index (κ2) is 9.15. The van der Waals surface area contributed by atoms with Crippen molar-refractivity contribution in [3.8, 4) is 22.8 Å². The number of aliphatic hydroxyl groups is 1. The highest BCUT2D eigenvalue weighted by molar-refractivity contribution is 5.97. The fraction of sp³-hybridized carbons (Fsp3) is 0.357. The first-order valence-electron chi connectivity index (χ1n) is 12.7. The third-order valence-electron chi connectivity index (χ3n) is 7.03. The van der Waals surface area contributed by atoms with Crippen LogP contribution in [0, 0.1) is 12.8 Å². The van der Waals surface area contributed by atoms with Crippen LogP contribution in [0.2, 0.25) is 0 Å². The Balaban J connectivity index is 1.33. The van der Waals surface area contributed by atoms with Crippen molar-refractivity contribution in [3.63, 3.8) is 0 Å². The van der Waals surface area contributed by atoms with Gasteiger partial charge in [-0.3, -0.25) is 9.78 Å². The number of carbonyl (C=O) groups excluding carboxylic acids is 1. The lowest BCUT2D eigenvalue weighted by molar-refractivity contribution is -0.0524. The number of rotatable bonds is 8. The second-order valence-corrected chi connectivity index (χ2v) is 10.5. The van der Waals surface area contributed by atoms with Gasteiger partial charge in [0.1, 0.15) is 11.6 Å². The van der Waals surface area contributed by atoms with Crippen LogP contribution < -0.4 is 15.4 Å². The van der Waals surface area contributed by atoms with Crippen LogP contribution in [0.15, 0.2) is 55.0 Å². The Morgan fingerprint density at radius 2 is 2.05 bits per heavy atom. The monoisotopic (exact) mass is 498 g/mol. The normalized spacial score (nSPS) is 20.9. The third-order valence-corrected chi connectivity index (χ3v) is 7.03. The van der Waals surface area contributed by atoms with Crippen LogP contribution in [0.25, 0.3) is 16.8 Å². The molecule has 0 unspecified atom stereocenters. The molecule has 0 aliphatic heterocycles. The minimum Gasteiger partial charge on any atom is -0.437 e. The molecule has 0 bridgehead atoms. The summed E-state index contributed by atoms with van der Waals surface area (Å²) in [4.78, 5) is 21.5. The summed E-state index contributed by atoms with van der Waals surface area (Å²) in [5.41, 5.74) is 3.39. The van der Waals surface area contributed by atoms with Gasteiger partial charge in [0.25, 0.3) is 5.91 Å². The molecule has 3 heterocycles.